The van der Waals surface area contributed by atoms with Gasteiger partial charge in [0.1, 0.15) is 0 Å². The summed E-state index contributed by atoms with van der Waals surface area (Å²) in [6, 6.07) is 12.2. The smallest absolute Gasteiger partial charge is 0.220 e. The van der Waals surface area contributed by atoms with E-state index in [4.69, 9.17) is 11.6 Å². The number of carbonyl (C=O) groups is 1. The van der Waals surface area contributed by atoms with E-state index in [-0.39, 0.29) is 5.91 Å². The van der Waals surface area contributed by atoms with Gasteiger partial charge in [0, 0.05) is 49.5 Å². The van der Waals surface area contributed by atoms with Gasteiger partial charge in [0.25, 0.3) is 0 Å². The van der Waals surface area contributed by atoms with E-state index in [2.05, 4.69) is 21.3 Å². The summed E-state index contributed by atoms with van der Waals surface area (Å²) in [4.78, 5) is 18.8. The first-order chi connectivity index (χ1) is 12.7. The van der Waals surface area contributed by atoms with Crippen molar-refractivity contribution in [2.24, 2.45) is 0 Å². The Morgan fingerprint density at radius 3 is 2.62 bits per heavy atom. The van der Waals surface area contributed by atoms with E-state index in [1.54, 1.807) is 6.20 Å². The van der Waals surface area contributed by atoms with Crippen LogP contribution in [0.3, 0.4) is 0 Å². The monoisotopic (exact) mass is 371 g/mol. The van der Waals surface area contributed by atoms with E-state index in [1.807, 2.05) is 36.5 Å². The van der Waals surface area contributed by atoms with Crippen molar-refractivity contribution in [3.63, 3.8) is 0 Å². The highest BCUT2D eigenvalue weighted by atomic mass is 35.5. The van der Waals surface area contributed by atoms with Crippen molar-refractivity contribution in [2.45, 2.75) is 44.7 Å². The lowest BCUT2D eigenvalue weighted by Crippen LogP contribution is -2.44. The van der Waals surface area contributed by atoms with Crippen LogP contribution in [0.5, 0.6) is 0 Å². The molecule has 1 aliphatic heterocycles. The minimum atomic E-state index is 0.171. The molecule has 0 aliphatic carbocycles. The third-order valence-electron chi connectivity index (χ3n) is 4.86. The van der Waals surface area contributed by atoms with E-state index in [0.29, 0.717) is 12.5 Å². The molecule has 0 unspecified atom stereocenters. The van der Waals surface area contributed by atoms with Crippen LogP contribution in [0.1, 0.15) is 36.8 Å². The molecule has 5 heteroatoms. The molecule has 0 spiro atoms. The maximum Gasteiger partial charge on any atom is 0.220 e. The SMILES string of the molecule is O=C(CCCc1ccc(Cl)cc1)NC1CCN(Cc2cccnc2)CC1. The summed E-state index contributed by atoms with van der Waals surface area (Å²) in [6.07, 6.45) is 8.12. The molecule has 1 fully saturated rings. The van der Waals surface area contributed by atoms with Crippen LogP contribution in [-0.4, -0.2) is 34.9 Å². The minimum Gasteiger partial charge on any atom is -0.353 e. The number of pyridine rings is 1. The normalized spacial score (nSPS) is 15.7. The molecule has 0 saturated carbocycles. The lowest BCUT2D eigenvalue weighted by molar-refractivity contribution is -0.122. The second-order valence-electron chi connectivity index (χ2n) is 6.96. The van der Waals surface area contributed by atoms with Crippen molar-refractivity contribution < 1.29 is 4.79 Å². The fourth-order valence-corrected chi connectivity index (χ4v) is 3.52. The number of aryl methyl sites for hydroxylation is 1. The average Bonchev–Trinajstić information content (AvgIpc) is 2.66. The third-order valence-corrected chi connectivity index (χ3v) is 5.12. The summed E-state index contributed by atoms with van der Waals surface area (Å²) in [5, 5.41) is 3.95. The highest BCUT2D eigenvalue weighted by Crippen LogP contribution is 2.14. The van der Waals surface area contributed by atoms with Crippen molar-refractivity contribution in [1.29, 1.82) is 0 Å². The fraction of sp³-hybridized carbons (Fsp3) is 0.429. The number of nitrogens with zero attached hydrogens (tertiary/aromatic N) is 2. The molecule has 26 heavy (non-hydrogen) atoms. The average molecular weight is 372 g/mol. The molecule has 0 bridgehead atoms. The van der Waals surface area contributed by atoms with Gasteiger partial charge in [-0.25, -0.2) is 0 Å². The third kappa shape index (κ3) is 6.11. The number of halogens is 1. The second kappa shape index (κ2) is 9.70. The van der Waals surface area contributed by atoms with Gasteiger partial charge in [-0.3, -0.25) is 14.7 Å². The summed E-state index contributed by atoms with van der Waals surface area (Å²) in [5.41, 5.74) is 2.48. The molecule has 1 amide bonds. The lowest BCUT2D eigenvalue weighted by atomic mass is 10.0. The topological polar surface area (TPSA) is 45.2 Å². The van der Waals surface area contributed by atoms with E-state index >= 15 is 0 Å². The highest BCUT2D eigenvalue weighted by molar-refractivity contribution is 6.30. The van der Waals surface area contributed by atoms with E-state index in [0.717, 1.165) is 50.3 Å². The van der Waals surface area contributed by atoms with Crippen molar-refractivity contribution >= 4 is 17.5 Å². The maximum atomic E-state index is 12.2. The summed E-state index contributed by atoms with van der Waals surface area (Å²) >= 11 is 5.89. The number of carbonyl (C=O) groups excluding carboxylic acids is 1. The zero-order valence-electron chi connectivity index (χ0n) is 15.0. The molecular formula is C21H26ClN3O. The van der Waals surface area contributed by atoms with E-state index in [1.165, 1.54) is 11.1 Å². The Labute approximate surface area is 160 Å². The molecule has 2 aromatic rings. The maximum absolute atomic E-state index is 12.2. The molecule has 3 rings (SSSR count). The molecule has 2 heterocycles. The van der Waals surface area contributed by atoms with Crippen LogP contribution in [-0.2, 0) is 17.8 Å². The number of rotatable bonds is 7. The zero-order chi connectivity index (χ0) is 18.2. The zero-order valence-corrected chi connectivity index (χ0v) is 15.8. The second-order valence-corrected chi connectivity index (χ2v) is 7.40. The number of hydrogen-bond donors (Lipinski definition) is 1. The molecule has 0 atom stereocenters. The van der Waals surface area contributed by atoms with Crippen LogP contribution in [0.25, 0.3) is 0 Å². The van der Waals surface area contributed by atoms with Gasteiger partial charge in [0.05, 0.1) is 0 Å². The number of benzene rings is 1. The Hall–Kier alpha value is -1.91. The number of likely N-dealkylation sites (tertiary alicyclic amines) is 1. The standard InChI is InChI=1S/C21H26ClN3O/c22-19-8-6-17(7-9-19)3-1-5-21(26)24-20-10-13-25(14-11-20)16-18-4-2-12-23-15-18/h2,4,6-9,12,15,20H,1,3,5,10-11,13-14,16H2,(H,24,26). The molecule has 1 N–H and O–H groups in total. The van der Waals surface area contributed by atoms with Crippen molar-refractivity contribution in [3.8, 4) is 0 Å². The molecule has 0 radical (unpaired) electrons. The minimum absolute atomic E-state index is 0.171. The van der Waals surface area contributed by atoms with Crippen LogP contribution >= 0.6 is 11.6 Å². The molecule has 1 aromatic carbocycles. The first-order valence-corrected chi connectivity index (χ1v) is 9.72. The van der Waals surface area contributed by atoms with E-state index < -0.39 is 0 Å². The van der Waals surface area contributed by atoms with Gasteiger partial charge in [-0.05, 0) is 55.0 Å². The van der Waals surface area contributed by atoms with Crippen LogP contribution in [0.2, 0.25) is 5.02 Å². The summed E-state index contributed by atoms with van der Waals surface area (Å²) < 4.78 is 0. The van der Waals surface area contributed by atoms with Crippen LogP contribution in [0, 0.1) is 0 Å². The molecule has 1 aromatic heterocycles. The summed E-state index contributed by atoms with van der Waals surface area (Å²) in [6.45, 7) is 2.98. The summed E-state index contributed by atoms with van der Waals surface area (Å²) in [7, 11) is 0. The molecule has 4 nitrogen and oxygen atoms in total. The van der Waals surface area contributed by atoms with Gasteiger partial charge in [-0.1, -0.05) is 29.8 Å². The van der Waals surface area contributed by atoms with Crippen LogP contribution < -0.4 is 5.32 Å². The van der Waals surface area contributed by atoms with Gasteiger partial charge in [0.2, 0.25) is 5.91 Å². The Balaban J connectivity index is 1.32. The van der Waals surface area contributed by atoms with Crippen LogP contribution in [0.4, 0.5) is 0 Å². The molecule has 138 valence electrons. The van der Waals surface area contributed by atoms with Gasteiger partial charge in [-0.2, -0.15) is 0 Å². The number of piperidine rings is 1. The quantitative estimate of drug-likeness (QED) is 0.804. The number of nitrogens with one attached hydrogen (secondary N) is 1. The Kier molecular flexibility index (Phi) is 7.04. The van der Waals surface area contributed by atoms with Gasteiger partial charge < -0.3 is 5.32 Å². The lowest BCUT2D eigenvalue weighted by Gasteiger charge is -2.32. The Bertz CT molecular complexity index is 682. The largest absolute Gasteiger partial charge is 0.353 e. The van der Waals surface area contributed by atoms with Gasteiger partial charge in [-0.15, -0.1) is 0 Å². The predicted molar refractivity (Wildman–Crippen MR) is 105 cm³/mol. The van der Waals surface area contributed by atoms with Crippen molar-refractivity contribution in [3.05, 3.63) is 64.9 Å². The number of aromatic nitrogens is 1. The van der Waals surface area contributed by atoms with E-state index in [9.17, 15) is 4.79 Å². The van der Waals surface area contributed by atoms with Gasteiger partial charge in [0.15, 0.2) is 0 Å². The first kappa shape index (κ1) is 18.9. The highest BCUT2D eigenvalue weighted by Gasteiger charge is 2.20. The van der Waals surface area contributed by atoms with Crippen molar-refractivity contribution in [1.82, 2.24) is 15.2 Å². The fourth-order valence-electron chi connectivity index (χ4n) is 3.39. The van der Waals surface area contributed by atoms with Crippen molar-refractivity contribution in [2.75, 3.05) is 13.1 Å². The van der Waals surface area contributed by atoms with Gasteiger partial charge >= 0.3 is 0 Å². The number of amides is 1. The first-order valence-electron chi connectivity index (χ1n) is 9.34. The molecular weight excluding hydrogens is 346 g/mol. The molecule has 1 saturated heterocycles. The predicted octanol–water partition coefficient (Wildman–Crippen LogP) is 3.84. The Morgan fingerprint density at radius 2 is 1.92 bits per heavy atom. The number of hydrogen-bond acceptors (Lipinski definition) is 3. The Morgan fingerprint density at radius 1 is 1.15 bits per heavy atom. The van der Waals surface area contributed by atoms with Crippen LogP contribution in [0.15, 0.2) is 48.8 Å². The summed E-state index contributed by atoms with van der Waals surface area (Å²) in [5.74, 6) is 0.171. The molecule has 1 aliphatic rings.